The van der Waals surface area contributed by atoms with Gasteiger partial charge < -0.3 is 0 Å². The van der Waals surface area contributed by atoms with Crippen molar-refractivity contribution in [2.75, 3.05) is 0 Å². The molecule has 2 aromatic rings. The molecule has 0 atom stereocenters. The zero-order valence-corrected chi connectivity index (χ0v) is 9.73. The fourth-order valence-electron chi connectivity index (χ4n) is 1.98. The first-order valence-electron chi connectivity index (χ1n) is 5.86. The number of benzene rings is 2. The molecule has 17 heavy (non-hydrogen) atoms. The molecule has 0 saturated carbocycles. The van der Waals surface area contributed by atoms with E-state index in [1.54, 1.807) is 0 Å². The number of hydrogen-bond acceptors (Lipinski definition) is 1. The Morgan fingerprint density at radius 3 is 2.18 bits per heavy atom. The largest absolute Gasteiger partial charge is 0.291 e. The second-order valence-corrected chi connectivity index (χ2v) is 4.08. The molecule has 0 heterocycles. The van der Waals surface area contributed by atoms with Crippen LogP contribution >= 0.6 is 0 Å². The molecule has 2 aromatic carbocycles. The van der Waals surface area contributed by atoms with E-state index in [9.17, 15) is 4.79 Å². The highest BCUT2D eigenvalue weighted by atomic mass is 16.1. The Morgan fingerprint density at radius 2 is 1.47 bits per heavy atom. The molecule has 85 valence electrons. The van der Waals surface area contributed by atoms with Gasteiger partial charge in [-0.3, -0.25) is 4.79 Å². The maximum atomic E-state index is 10.3. The van der Waals surface area contributed by atoms with Crippen molar-refractivity contribution in [2.45, 2.75) is 19.3 Å². The molecule has 0 N–H and O–H groups in total. The molecule has 1 radical (unpaired) electrons. The van der Waals surface area contributed by atoms with Crippen molar-refractivity contribution in [2.24, 2.45) is 0 Å². The van der Waals surface area contributed by atoms with Gasteiger partial charge in [0.25, 0.3) is 0 Å². The summed E-state index contributed by atoms with van der Waals surface area (Å²) in [6, 6.07) is 18.7. The minimum absolute atomic E-state index is 0.478. The predicted molar refractivity (Wildman–Crippen MR) is 69.7 cm³/mol. The first-order chi connectivity index (χ1) is 8.40. The van der Waals surface area contributed by atoms with Crippen LogP contribution in [0.25, 0.3) is 0 Å². The average molecular weight is 223 g/mol. The van der Waals surface area contributed by atoms with E-state index in [0.717, 1.165) is 12.8 Å². The van der Waals surface area contributed by atoms with E-state index in [0.29, 0.717) is 6.42 Å². The summed E-state index contributed by atoms with van der Waals surface area (Å²) in [5.74, 6) is 0. The highest BCUT2D eigenvalue weighted by molar-refractivity contribution is 5.51. The first kappa shape index (κ1) is 11.6. The predicted octanol–water partition coefficient (Wildman–Crippen LogP) is 3.32. The number of rotatable bonds is 5. The zero-order chi connectivity index (χ0) is 11.9. The van der Waals surface area contributed by atoms with E-state index >= 15 is 0 Å². The Bertz CT molecular complexity index is 474. The van der Waals surface area contributed by atoms with Crippen molar-refractivity contribution in [1.29, 1.82) is 0 Å². The van der Waals surface area contributed by atoms with Gasteiger partial charge in [0.05, 0.1) is 0 Å². The Labute approximate surface area is 102 Å². The molecule has 0 amide bonds. The molecule has 0 aliphatic rings. The van der Waals surface area contributed by atoms with E-state index in [1.807, 2.05) is 24.5 Å². The van der Waals surface area contributed by atoms with Crippen LogP contribution in [0.15, 0.2) is 54.6 Å². The van der Waals surface area contributed by atoms with Crippen molar-refractivity contribution in [3.8, 4) is 0 Å². The standard InChI is InChI=1S/C16H15O/c17-12-6-11-15-9-4-5-10-16(15)13-14-7-2-1-3-8-14/h1-5,7-10H,6,11,13H2. The third kappa shape index (κ3) is 3.28. The third-order valence-electron chi connectivity index (χ3n) is 2.85. The van der Waals surface area contributed by atoms with Crippen molar-refractivity contribution < 1.29 is 4.79 Å². The van der Waals surface area contributed by atoms with Crippen LogP contribution in [0.5, 0.6) is 0 Å². The van der Waals surface area contributed by atoms with E-state index in [-0.39, 0.29) is 0 Å². The molecule has 0 spiro atoms. The second kappa shape index (κ2) is 6.00. The van der Waals surface area contributed by atoms with Gasteiger partial charge in [-0.1, -0.05) is 54.6 Å². The third-order valence-corrected chi connectivity index (χ3v) is 2.85. The first-order valence-corrected chi connectivity index (χ1v) is 5.86. The molecule has 1 nitrogen and oxygen atoms in total. The van der Waals surface area contributed by atoms with Crippen LogP contribution in [0.3, 0.4) is 0 Å². The normalized spacial score (nSPS) is 10.1. The Kier molecular flexibility index (Phi) is 4.09. The molecule has 0 aromatic heterocycles. The van der Waals surface area contributed by atoms with E-state index in [1.165, 1.54) is 16.7 Å². The lowest BCUT2D eigenvalue weighted by atomic mass is 9.97. The summed E-state index contributed by atoms with van der Waals surface area (Å²) in [7, 11) is 0. The van der Waals surface area contributed by atoms with Gasteiger partial charge in [-0.25, -0.2) is 0 Å². The van der Waals surface area contributed by atoms with Crippen LogP contribution < -0.4 is 0 Å². The zero-order valence-electron chi connectivity index (χ0n) is 9.73. The monoisotopic (exact) mass is 223 g/mol. The molecule has 0 fully saturated rings. The van der Waals surface area contributed by atoms with Crippen molar-refractivity contribution in [3.63, 3.8) is 0 Å². The van der Waals surface area contributed by atoms with Crippen molar-refractivity contribution in [1.82, 2.24) is 0 Å². The summed E-state index contributed by atoms with van der Waals surface area (Å²) in [6.45, 7) is 0. The summed E-state index contributed by atoms with van der Waals surface area (Å²) in [5, 5.41) is 0. The average Bonchev–Trinajstić information content (AvgIpc) is 2.39. The van der Waals surface area contributed by atoms with E-state index in [4.69, 9.17) is 0 Å². The lowest BCUT2D eigenvalue weighted by Crippen LogP contribution is -1.96. The molecule has 0 bridgehead atoms. The topological polar surface area (TPSA) is 17.1 Å². The van der Waals surface area contributed by atoms with Crippen molar-refractivity contribution in [3.05, 3.63) is 71.3 Å². The second-order valence-electron chi connectivity index (χ2n) is 4.08. The Hall–Kier alpha value is -1.89. The smallest absolute Gasteiger partial charge is 0.198 e. The maximum Gasteiger partial charge on any atom is 0.198 e. The number of aryl methyl sites for hydroxylation is 1. The van der Waals surface area contributed by atoms with Gasteiger partial charge in [-0.2, -0.15) is 0 Å². The van der Waals surface area contributed by atoms with Crippen LogP contribution in [0.1, 0.15) is 23.1 Å². The number of hydrogen-bond donors (Lipinski definition) is 0. The van der Waals surface area contributed by atoms with Gasteiger partial charge in [0.1, 0.15) is 0 Å². The summed E-state index contributed by atoms with van der Waals surface area (Å²) in [4.78, 5) is 10.3. The van der Waals surface area contributed by atoms with Crippen molar-refractivity contribution >= 4 is 6.29 Å². The quantitative estimate of drug-likeness (QED) is 0.760. The van der Waals surface area contributed by atoms with Gasteiger partial charge in [0, 0.05) is 6.42 Å². The van der Waals surface area contributed by atoms with Gasteiger partial charge in [0.2, 0.25) is 0 Å². The highest BCUT2D eigenvalue weighted by Gasteiger charge is 2.02. The molecule has 0 unspecified atom stereocenters. The molecular weight excluding hydrogens is 208 g/mol. The van der Waals surface area contributed by atoms with Crippen LogP contribution in [0, 0.1) is 0 Å². The molecule has 2 rings (SSSR count). The summed E-state index contributed by atoms with van der Waals surface area (Å²) in [5.41, 5.74) is 3.85. The molecule has 0 aliphatic heterocycles. The van der Waals surface area contributed by atoms with E-state index < -0.39 is 0 Å². The summed E-state index contributed by atoms with van der Waals surface area (Å²) in [6.07, 6.45) is 4.15. The highest BCUT2D eigenvalue weighted by Crippen LogP contribution is 2.15. The minimum atomic E-state index is 0.478. The maximum absolute atomic E-state index is 10.3. The molecular formula is C16H15O. The van der Waals surface area contributed by atoms with Gasteiger partial charge in [-0.05, 0) is 29.5 Å². The van der Waals surface area contributed by atoms with Crippen LogP contribution in [-0.4, -0.2) is 6.29 Å². The number of carbonyl (C=O) groups excluding carboxylic acids is 1. The van der Waals surface area contributed by atoms with Gasteiger partial charge >= 0.3 is 0 Å². The lowest BCUT2D eigenvalue weighted by Gasteiger charge is -2.08. The SMILES string of the molecule is O=[C]CCc1ccccc1Cc1ccccc1. The lowest BCUT2D eigenvalue weighted by molar-refractivity contribution is 0.551. The van der Waals surface area contributed by atoms with E-state index in [2.05, 4.69) is 36.4 Å². The van der Waals surface area contributed by atoms with Crippen LogP contribution in [0.2, 0.25) is 0 Å². The van der Waals surface area contributed by atoms with Gasteiger partial charge in [0.15, 0.2) is 6.29 Å². The molecule has 0 saturated heterocycles. The minimum Gasteiger partial charge on any atom is -0.291 e. The van der Waals surface area contributed by atoms with Gasteiger partial charge in [-0.15, -0.1) is 0 Å². The Balaban J connectivity index is 2.17. The molecule has 0 aliphatic carbocycles. The fourth-order valence-corrected chi connectivity index (χ4v) is 1.98. The summed E-state index contributed by atoms with van der Waals surface area (Å²) < 4.78 is 0. The molecule has 1 heteroatoms. The Morgan fingerprint density at radius 1 is 0.824 bits per heavy atom. The fraction of sp³-hybridized carbons (Fsp3) is 0.188. The van der Waals surface area contributed by atoms with Crippen LogP contribution in [-0.2, 0) is 17.6 Å². The summed E-state index contributed by atoms with van der Waals surface area (Å²) >= 11 is 0. The van der Waals surface area contributed by atoms with Crippen LogP contribution in [0.4, 0.5) is 0 Å².